The highest BCUT2D eigenvalue weighted by Crippen LogP contribution is 2.34. The molecule has 25 heavy (non-hydrogen) atoms. The molecule has 0 atom stereocenters. The highest BCUT2D eigenvalue weighted by atomic mass is 35.5. The molecule has 8 heteroatoms. The molecule has 0 fully saturated rings. The molecule has 2 N–H and O–H groups in total. The van der Waals surface area contributed by atoms with Gasteiger partial charge in [-0.1, -0.05) is 11.6 Å². The van der Waals surface area contributed by atoms with Crippen LogP contribution in [0.1, 0.15) is 16.3 Å². The average Bonchev–Trinajstić information content (AvgIpc) is 2.86. The molecule has 0 unspecified atom stereocenters. The Morgan fingerprint density at radius 2 is 2.00 bits per heavy atom. The molecule has 0 radical (unpaired) electrons. The van der Waals surface area contributed by atoms with Gasteiger partial charge < -0.3 is 10.4 Å². The van der Waals surface area contributed by atoms with Crippen LogP contribution in [0.15, 0.2) is 29.2 Å². The van der Waals surface area contributed by atoms with Gasteiger partial charge in [0, 0.05) is 14.8 Å². The molecule has 2 heterocycles. The number of benzene rings is 1. The third-order valence-corrected chi connectivity index (χ3v) is 6.02. The van der Waals surface area contributed by atoms with Crippen molar-refractivity contribution in [1.29, 1.82) is 0 Å². The highest BCUT2D eigenvalue weighted by Gasteiger charge is 2.15. The van der Waals surface area contributed by atoms with E-state index in [0.717, 1.165) is 25.6 Å². The maximum atomic E-state index is 10.9. The summed E-state index contributed by atoms with van der Waals surface area (Å²) < 4.78 is 0. The van der Waals surface area contributed by atoms with E-state index in [0.29, 0.717) is 22.4 Å². The predicted octanol–water partition coefficient (Wildman–Crippen LogP) is 4.75. The van der Waals surface area contributed by atoms with Crippen LogP contribution in [-0.4, -0.2) is 27.6 Å². The first-order valence-electron chi connectivity index (χ1n) is 7.54. The van der Waals surface area contributed by atoms with Crippen LogP contribution in [0.3, 0.4) is 0 Å². The normalized spacial score (nSPS) is 11.0. The smallest absolute Gasteiger partial charge is 0.322 e. The lowest BCUT2D eigenvalue weighted by Gasteiger charge is -2.08. The summed E-state index contributed by atoms with van der Waals surface area (Å²) in [6.07, 6.45) is 0. The molecule has 0 spiro atoms. The van der Waals surface area contributed by atoms with E-state index in [2.05, 4.69) is 15.3 Å². The zero-order chi connectivity index (χ0) is 18.0. The van der Waals surface area contributed by atoms with Gasteiger partial charge in [-0.05, 0) is 43.7 Å². The van der Waals surface area contributed by atoms with E-state index >= 15 is 0 Å². The second-order valence-electron chi connectivity index (χ2n) is 5.44. The van der Waals surface area contributed by atoms with Gasteiger partial charge in [0.25, 0.3) is 0 Å². The van der Waals surface area contributed by atoms with E-state index in [1.54, 1.807) is 23.1 Å². The molecule has 5 nitrogen and oxygen atoms in total. The standard InChI is InChI=1S/C17H16ClN3O2S2/c1-9-10(2)25-17-15(9)16(19-7-14(22)23)20-13(21-17)8-24-12-5-3-11(18)4-6-12/h3-6H,7-8H2,1-2H3,(H,22,23)(H,19,20,21). The number of hydrogen-bond donors (Lipinski definition) is 2. The van der Waals surface area contributed by atoms with Gasteiger partial charge in [0.1, 0.15) is 23.0 Å². The number of carbonyl (C=O) groups is 1. The number of fused-ring (bicyclic) bond motifs is 1. The summed E-state index contributed by atoms with van der Waals surface area (Å²) >= 11 is 9.12. The van der Waals surface area contributed by atoms with E-state index in [4.69, 9.17) is 16.7 Å². The van der Waals surface area contributed by atoms with Crippen LogP contribution in [0.25, 0.3) is 10.2 Å². The number of nitrogens with one attached hydrogen (secondary N) is 1. The number of anilines is 1. The van der Waals surface area contributed by atoms with Gasteiger partial charge in [-0.25, -0.2) is 9.97 Å². The van der Waals surface area contributed by atoms with Crippen molar-refractivity contribution in [3.05, 3.63) is 45.6 Å². The molecule has 0 aliphatic heterocycles. The van der Waals surface area contributed by atoms with E-state index in [1.807, 2.05) is 38.1 Å². The molecule has 0 amide bonds. The molecule has 2 aromatic heterocycles. The monoisotopic (exact) mass is 393 g/mol. The van der Waals surface area contributed by atoms with Crippen LogP contribution in [-0.2, 0) is 10.5 Å². The molecule has 130 valence electrons. The number of aromatic nitrogens is 2. The minimum Gasteiger partial charge on any atom is -0.480 e. The Balaban J connectivity index is 1.89. The van der Waals surface area contributed by atoms with Gasteiger partial charge in [0.15, 0.2) is 0 Å². The second-order valence-corrected chi connectivity index (χ2v) is 8.13. The number of carboxylic acid groups (broad SMARTS) is 1. The van der Waals surface area contributed by atoms with Crippen molar-refractivity contribution in [2.75, 3.05) is 11.9 Å². The number of aliphatic carboxylic acids is 1. The van der Waals surface area contributed by atoms with Crippen LogP contribution >= 0.6 is 34.7 Å². The van der Waals surface area contributed by atoms with Gasteiger partial charge in [-0.3, -0.25) is 4.79 Å². The molecule has 0 aliphatic rings. The zero-order valence-electron chi connectivity index (χ0n) is 13.7. The van der Waals surface area contributed by atoms with E-state index in [9.17, 15) is 4.79 Å². The first kappa shape index (κ1) is 18.0. The second kappa shape index (κ2) is 7.59. The predicted molar refractivity (Wildman–Crippen MR) is 104 cm³/mol. The SMILES string of the molecule is Cc1sc2nc(CSc3ccc(Cl)cc3)nc(NCC(=O)O)c2c1C. The topological polar surface area (TPSA) is 75.1 Å². The quantitative estimate of drug-likeness (QED) is 0.588. The Kier molecular flexibility index (Phi) is 5.46. The fraction of sp³-hybridized carbons (Fsp3) is 0.235. The Bertz CT molecular complexity index is 926. The van der Waals surface area contributed by atoms with Crippen molar-refractivity contribution in [2.45, 2.75) is 24.5 Å². The first-order chi connectivity index (χ1) is 11.9. The molecule has 0 aliphatic carbocycles. The number of nitrogens with zero attached hydrogens (tertiary/aromatic N) is 2. The minimum absolute atomic E-state index is 0.176. The van der Waals surface area contributed by atoms with E-state index in [1.165, 1.54) is 0 Å². The van der Waals surface area contributed by atoms with E-state index in [-0.39, 0.29) is 6.54 Å². The van der Waals surface area contributed by atoms with Crippen molar-refractivity contribution in [2.24, 2.45) is 0 Å². The fourth-order valence-corrected chi connectivity index (χ4v) is 4.25. The molecule has 0 bridgehead atoms. The maximum Gasteiger partial charge on any atom is 0.322 e. The summed E-state index contributed by atoms with van der Waals surface area (Å²) in [5, 5.41) is 13.5. The molecular formula is C17H16ClN3O2S2. The molecule has 3 rings (SSSR count). The van der Waals surface area contributed by atoms with Crippen LogP contribution in [0.5, 0.6) is 0 Å². The van der Waals surface area contributed by atoms with Crippen molar-refractivity contribution >= 4 is 56.7 Å². The molecular weight excluding hydrogens is 378 g/mol. The number of aryl methyl sites for hydroxylation is 2. The molecule has 3 aromatic rings. The van der Waals surface area contributed by atoms with Crippen LogP contribution in [0.4, 0.5) is 5.82 Å². The van der Waals surface area contributed by atoms with Gasteiger partial charge in [0.2, 0.25) is 0 Å². The summed E-state index contributed by atoms with van der Waals surface area (Å²) in [4.78, 5) is 23.2. The lowest BCUT2D eigenvalue weighted by atomic mass is 10.2. The number of carboxylic acids is 1. The van der Waals surface area contributed by atoms with Crippen LogP contribution in [0.2, 0.25) is 5.02 Å². The number of rotatable bonds is 6. The number of thioether (sulfide) groups is 1. The lowest BCUT2D eigenvalue weighted by Crippen LogP contribution is -2.14. The van der Waals surface area contributed by atoms with Crippen molar-refractivity contribution < 1.29 is 9.90 Å². The third-order valence-electron chi connectivity index (χ3n) is 3.66. The Hall–Kier alpha value is -1.83. The summed E-state index contributed by atoms with van der Waals surface area (Å²) in [6.45, 7) is 3.86. The Labute approximate surface area is 158 Å². The van der Waals surface area contributed by atoms with Crippen LogP contribution < -0.4 is 5.32 Å². The van der Waals surface area contributed by atoms with Gasteiger partial charge >= 0.3 is 5.97 Å². The Morgan fingerprint density at radius 1 is 1.28 bits per heavy atom. The third kappa shape index (κ3) is 4.23. The molecule has 0 saturated carbocycles. The highest BCUT2D eigenvalue weighted by molar-refractivity contribution is 7.98. The summed E-state index contributed by atoms with van der Waals surface area (Å²) in [6, 6.07) is 7.60. The summed E-state index contributed by atoms with van der Waals surface area (Å²) in [5.41, 5.74) is 1.09. The van der Waals surface area contributed by atoms with Gasteiger partial charge in [0.05, 0.1) is 11.1 Å². The maximum absolute atomic E-state index is 10.9. The zero-order valence-corrected chi connectivity index (χ0v) is 16.1. The van der Waals surface area contributed by atoms with E-state index < -0.39 is 5.97 Å². The molecule has 1 aromatic carbocycles. The number of halogens is 1. The average molecular weight is 394 g/mol. The summed E-state index contributed by atoms with van der Waals surface area (Å²) in [5.74, 6) is 0.922. The largest absolute Gasteiger partial charge is 0.480 e. The minimum atomic E-state index is -0.923. The Morgan fingerprint density at radius 3 is 2.68 bits per heavy atom. The van der Waals surface area contributed by atoms with Crippen molar-refractivity contribution in [3.8, 4) is 0 Å². The lowest BCUT2D eigenvalue weighted by molar-refractivity contribution is -0.134. The number of hydrogen-bond acceptors (Lipinski definition) is 6. The van der Waals surface area contributed by atoms with Gasteiger partial charge in [-0.15, -0.1) is 23.1 Å². The van der Waals surface area contributed by atoms with Crippen molar-refractivity contribution in [1.82, 2.24) is 9.97 Å². The van der Waals surface area contributed by atoms with Crippen molar-refractivity contribution in [3.63, 3.8) is 0 Å². The van der Waals surface area contributed by atoms with Gasteiger partial charge in [-0.2, -0.15) is 0 Å². The van der Waals surface area contributed by atoms with Crippen LogP contribution in [0, 0.1) is 13.8 Å². The molecule has 0 saturated heterocycles. The summed E-state index contributed by atoms with van der Waals surface area (Å²) in [7, 11) is 0. The number of thiophene rings is 1. The first-order valence-corrected chi connectivity index (χ1v) is 9.72. The fourth-order valence-electron chi connectivity index (χ4n) is 2.32.